The summed E-state index contributed by atoms with van der Waals surface area (Å²) in [5.41, 5.74) is 5.92. The standard InChI is InChI=1S/C25H17N3O4S/c1-31-17-7-5-15(6-8-17)21-22-20(12-16-3-2-10-32-24(16)22)28(23(21)25(29)30)13-14-4-9-18-19(11-14)27-33-26-18/h2-12H,13H2,1H3,(H,29,30). The number of benzene rings is 2. The number of carboxylic acids is 1. The molecule has 0 saturated heterocycles. The van der Waals surface area contributed by atoms with Crippen molar-refractivity contribution in [1.82, 2.24) is 13.3 Å². The third-order valence-corrected chi connectivity index (χ3v) is 6.42. The summed E-state index contributed by atoms with van der Waals surface area (Å²) in [5, 5.41) is 11.1. The molecule has 6 rings (SSSR count). The minimum absolute atomic E-state index is 0.211. The van der Waals surface area contributed by atoms with E-state index in [1.54, 1.807) is 13.4 Å². The van der Waals surface area contributed by atoms with Crippen molar-refractivity contribution >= 4 is 39.6 Å². The average molecular weight is 455 g/mol. The van der Waals surface area contributed by atoms with E-state index in [0.29, 0.717) is 23.6 Å². The van der Waals surface area contributed by atoms with Crippen LogP contribution in [0.15, 0.2) is 71.3 Å². The molecule has 1 aliphatic heterocycles. The number of nitrogens with zero attached hydrogens (tertiary/aromatic N) is 3. The van der Waals surface area contributed by atoms with E-state index in [4.69, 9.17) is 9.15 Å². The Morgan fingerprint density at radius 3 is 2.67 bits per heavy atom. The largest absolute Gasteiger partial charge is 0.497 e. The molecule has 1 N–H and O–H groups in total. The molecule has 3 heterocycles. The van der Waals surface area contributed by atoms with Crippen LogP contribution in [0.5, 0.6) is 5.75 Å². The number of aromatic nitrogens is 3. The molecular formula is C25H17N3O4S. The molecule has 2 aliphatic rings. The number of methoxy groups -OCH3 is 1. The quantitative estimate of drug-likeness (QED) is 0.355. The van der Waals surface area contributed by atoms with Crippen molar-refractivity contribution in [2.45, 2.75) is 6.54 Å². The molecule has 7 nitrogen and oxygen atoms in total. The van der Waals surface area contributed by atoms with Crippen LogP contribution in [-0.4, -0.2) is 31.5 Å². The van der Waals surface area contributed by atoms with Gasteiger partial charge in [-0.15, -0.1) is 0 Å². The first kappa shape index (κ1) is 19.5. The zero-order valence-electron chi connectivity index (χ0n) is 17.5. The molecule has 0 fully saturated rings. The average Bonchev–Trinajstić information content (AvgIpc) is 3.52. The first-order valence-corrected chi connectivity index (χ1v) is 11.0. The molecule has 0 spiro atoms. The van der Waals surface area contributed by atoms with Crippen LogP contribution in [0.3, 0.4) is 0 Å². The maximum atomic E-state index is 12.6. The maximum Gasteiger partial charge on any atom is 0.353 e. The lowest BCUT2D eigenvalue weighted by Gasteiger charge is -2.11. The molecule has 0 amide bonds. The SMILES string of the molecule is COc1ccc(-c2c(C(=O)O)n(Cc3ccc4nsnc4c3)c3cc4cccoc-4c23)cc1. The highest BCUT2D eigenvalue weighted by Gasteiger charge is 2.29. The zero-order valence-corrected chi connectivity index (χ0v) is 18.3. The van der Waals surface area contributed by atoms with Gasteiger partial charge in [0.25, 0.3) is 0 Å². The van der Waals surface area contributed by atoms with E-state index in [2.05, 4.69) is 8.75 Å². The lowest BCUT2D eigenvalue weighted by molar-refractivity contribution is 0.0687. The highest BCUT2D eigenvalue weighted by Crippen LogP contribution is 2.44. The van der Waals surface area contributed by atoms with Gasteiger partial charge in [0.1, 0.15) is 28.2 Å². The van der Waals surface area contributed by atoms with E-state index in [-0.39, 0.29) is 5.69 Å². The summed E-state index contributed by atoms with van der Waals surface area (Å²) in [6.07, 6.45) is 1.61. The fourth-order valence-electron chi connectivity index (χ4n) is 4.41. The minimum Gasteiger partial charge on any atom is -0.497 e. The summed E-state index contributed by atoms with van der Waals surface area (Å²) in [7, 11) is 1.60. The molecule has 0 radical (unpaired) electrons. The van der Waals surface area contributed by atoms with Crippen LogP contribution >= 0.6 is 11.7 Å². The van der Waals surface area contributed by atoms with Crippen LogP contribution in [0.4, 0.5) is 0 Å². The summed E-state index contributed by atoms with van der Waals surface area (Å²) in [5.74, 6) is 0.366. The first-order chi connectivity index (χ1) is 16.1. The molecule has 4 aromatic rings. The van der Waals surface area contributed by atoms with E-state index in [1.165, 1.54) is 0 Å². The summed E-state index contributed by atoms with van der Waals surface area (Å²) < 4.78 is 21.6. The van der Waals surface area contributed by atoms with Crippen molar-refractivity contribution in [2.75, 3.05) is 7.11 Å². The highest BCUT2D eigenvalue weighted by molar-refractivity contribution is 7.00. The van der Waals surface area contributed by atoms with Gasteiger partial charge in [-0.3, -0.25) is 0 Å². The molecule has 0 bridgehead atoms. The number of rotatable bonds is 5. The maximum absolute atomic E-state index is 12.6. The lowest BCUT2D eigenvalue weighted by atomic mass is 10.0. The number of ether oxygens (including phenoxy) is 1. The summed E-state index contributed by atoms with van der Waals surface area (Å²) in [6.45, 7) is 0.373. The molecule has 162 valence electrons. The van der Waals surface area contributed by atoms with Crippen LogP contribution < -0.4 is 4.74 Å². The Balaban J connectivity index is 1.64. The van der Waals surface area contributed by atoms with E-state index in [1.807, 2.05) is 65.2 Å². The van der Waals surface area contributed by atoms with Gasteiger partial charge in [-0.2, -0.15) is 8.75 Å². The second-order valence-electron chi connectivity index (χ2n) is 7.73. The van der Waals surface area contributed by atoms with Gasteiger partial charge in [0.05, 0.1) is 36.0 Å². The van der Waals surface area contributed by atoms with E-state index in [9.17, 15) is 9.90 Å². The number of carbonyl (C=O) groups is 1. The molecule has 0 atom stereocenters. The van der Waals surface area contributed by atoms with Crippen molar-refractivity contribution in [1.29, 1.82) is 0 Å². The Morgan fingerprint density at radius 1 is 1.06 bits per heavy atom. The zero-order chi connectivity index (χ0) is 22.5. The van der Waals surface area contributed by atoms with Crippen LogP contribution in [0, 0.1) is 0 Å². The summed E-state index contributed by atoms with van der Waals surface area (Å²) in [4.78, 5) is 12.6. The van der Waals surface area contributed by atoms with Crippen molar-refractivity contribution in [3.63, 3.8) is 0 Å². The molecule has 2 aromatic carbocycles. The van der Waals surface area contributed by atoms with Crippen molar-refractivity contribution in [3.05, 3.63) is 78.2 Å². The van der Waals surface area contributed by atoms with Crippen LogP contribution in [0.1, 0.15) is 16.1 Å². The van der Waals surface area contributed by atoms with Crippen molar-refractivity contribution in [3.8, 4) is 28.2 Å². The van der Waals surface area contributed by atoms with E-state index >= 15 is 0 Å². The van der Waals surface area contributed by atoms with Crippen molar-refractivity contribution in [2.24, 2.45) is 0 Å². The smallest absolute Gasteiger partial charge is 0.353 e. The summed E-state index contributed by atoms with van der Waals surface area (Å²) in [6, 6.07) is 19.0. The Kier molecular flexibility index (Phi) is 4.41. The molecule has 0 saturated carbocycles. The molecule has 33 heavy (non-hydrogen) atoms. The Morgan fingerprint density at radius 2 is 1.88 bits per heavy atom. The molecule has 1 aliphatic carbocycles. The second kappa shape index (κ2) is 7.46. The fourth-order valence-corrected chi connectivity index (χ4v) is 4.93. The van der Waals surface area contributed by atoms with Gasteiger partial charge < -0.3 is 18.8 Å². The number of aromatic carboxylic acids is 1. The molecule has 8 heteroatoms. The number of hydrogen-bond donors (Lipinski definition) is 1. The number of carboxylic acid groups (broad SMARTS) is 1. The van der Waals surface area contributed by atoms with Crippen LogP contribution in [0.2, 0.25) is 0 Å². The monoisotopic (exact) mass is 455 g/mol. The third kappa shape index (κ3) is 3.07. The summed E-state index contributed by atoms with van der Waals surface area (Å²) >= 11 is 1.16. The predicted molar refractivity (Wildman–Crippen MR) is 126 cm³/mol. The first-order valence-electron chi connectivity index (χ1n) is 10.3. The van der Waals surface area contributed by atoms with Crippen molar-refractivity contribution < 1.29 is 19.1 Å². The van der Waals surface area contributed by atoms with Gasteiger partial charge in [-0.05, 0) is 53.6 Å². The molecule has 2 aromatic heterocycles. The third-order valence-electron chi connectivity index (χ3n) is 5.87. The minimum atomic E-state index is -1.00. The van der Waals surface area contributed by atoms with Gasteiger partial charge in [-0.1, -0.05) is 18.2 Å². The van der Waals surface area contributed by atoms with Gasteiger partial charge in [-0.25, -0.2) is 4.79 Å². The molecular weight excluding hydrogens is 438 g/mol. The number of hydrogen-bond acceptors (Lipinski definition) is 6. The predicted octanol–water partition coefficient (Wildman–Crippen LogP) is 5.77. The number of fused-ring (bicyclic) bond motifs is 4. The fraction of sp³-hybridized carbons (Fsp3) is 0.0800. The second-order valence-corrected chi connectivity index (χ2v) is 8.26. The molecule has 0 unspecified atom stereocenters. The van der Waals surface area contributed by atoms with Gasteiger partial charge in [0, 0.05) is 17.7 Å². The lowest BCUT2D eigenvalue weighted by Crippen LogP contribution is -2.10. The Labute approximate surface area is 192 Å². The Hall–Kier alpha value is -4.17. The van der Waals surface area contributed by atoms with Crippen LogP contribution in [-0.2, 0) is 6.54 Å². The Bertz CT molecular complexity index is 1610. The topological polar surface area (TPSA) is 90.4 Å². The van der Waals surface area contributed by atoms with Gasteiger partial charge in [0.15, 0.2) is 0 Å². The normalized spacial score (nSPS) is 11.5. The van der Waals surface area contributed by atoms with E-state index in [0.717, 1.165) is 50.4 Å². The van der Waals surface area contributed by atoms with E-state index < -0.39 is 5.97 Å². The van der Waals surface area contributed by atoms with Gasteiger partial charge >= 0.3 is 5.97 Å². The van der Waals surface area contributed by atoms with Gasteiger partial charge in [0.2, 0.25) is 0 Å². The van der Waals surface area contributed by atoms with Crippen LogP contribution in [0.25, 0.3) is 44.4 Å². The highest BCUT2D eigenvalue weighted by atomic mass is 32.1.